The number of hydrogen-bond acceptors (Lipinski definition) is 5. The smallest absolute Gasteiger partial charge is 0.335 e. The number of carbonyl (C=O) groups is 3. The molecule has 0 aliphatic heterocycles. The summed E-state index contributed by atoms with van der Waals surface area (Å²) in [5.41, 5.74) is 0.315. The van der Waals surface area contributed by atoms with Gasteiger partial charge in [-0.15, -0.1) is 0 Å². The van der Waals surface area contributed by atoms with Crippen molar-refractivity contribution in [2.45, 2.75) is 20.4 Å². The van der Waals surface area contributed by atoms with Gasteiger partial charge in [-0.3, -0.25) is 19.7 Å². The number of aromatic carboxylic acids is 1. The van der Waals surface area contributed by atoms with Gasteiger partial charge in [-0.2, -0.15) is 0 Å². The van der Waals surface area contributed by atoms with Gasteiger partial charge in [0, 0.05) is 42.9 Å². The van der Waals surface area contributed by atoms with E-state index in [4.69, 9.17) is 5.11 Å². The zero-order chi connectivity index (χ0) is 21.6. The van der Waals surface area contributed by atoms with Crippen molar-refractivity contribution in [2.75, 3.05) is 13.1 Å². The van der Waals surface area contributed by atoms with Crippen molar-refractivity contribution in [3.63, 3.8) is 0 Å². The van der Waals surface area contributed by atoms with Gasteiger partial charge in [-0.1, -0.05) is 12.1 Å². The van der Waals surface area contributed by atoms with E-state index < -0.39 is 22.5 Å². The summed E-state index contributed by atoms with van der Waals surface area (Å²) in [5.74, 6) is -2.08. The molecule has 0 fully saturated rings. The summed E-state index contributed by atoms with van der Waals surface area (Å²) < 4.78 is 0. The van der Waals surface area contributed by atoms with Crippen molar-refractivity contribution in [2.24, 2.45) is 0 Å². The van der Waals surface area contributed by atoms with E-state index in [1.807, 2.05) is 13.8 Å². The van der Waals surface area contributed by atoms with E-state index >= 15 is 0 Å². The van der Waals surface area contributed by atoms with Gasteiger partial charge in [-0.25, -0.2) is 4.79 Å². The highest BCUT2D eigenvalue weighted by Gasteiger charge is 2.17. The number of amides is 2. The molecule has 29 heavy (non-hydrogen) atoms. The topological polar surface area (TPSA) is 130 Å². The number of nitrogens with one attached hydrogen (secondary N) is 1. The molecule has 0 spiro atoms. The Morgan fingerprint density at radius 2 is 1.59 bits per heavy atom. The molecule has 0 saturated carbocycles. The molecule has 2 rings (SSSR count). The van der Waals surface area contributed by atoms with Crippen molar-refractivity contribution in [1.29, 1.82) is 0 Å². The maximum absolute atomic E-state index is 12.3. The third kappa shape index (κ3) is 5.38. The number of nitro groups is 1. The Balaban J connectivity index is 2.10. The second-order valence-corrected chi connectivity index (χ2v) is 6.19. The zero-order valence-corrected chi connectivity index (χ0v) is 16.0. The highest BCUT2D eigenvalue weighted by molar-refractivity contribution is 5.98. The number of carbonyl (C=O) groups excluding carboxylic acids is 2. The van der Waals surface area contributed by atoms with Crippen molar-refractivity contribution < 1.29 is 24.4 Å². The summed E-state index contributed by atoms with van der Waals surface area (Å²) in [4.78, 5) is 47.6. The molecule has 0 radical (unpaired) electrons. The molecular weight excluding hydrogens is 378 g/mol. The normalized spacial score (nSPS) is 10.3. The number of benzene rings is 2. The molecule has 0 aliphatic carbocycles. The van der Waals surface area contributed by atoms with E-state index in [0.717, 1.165) is 23.8 Å². The second-order valence-electron chi connectivity index (χ2n) is 6.19. The van der Waals surface area contributed by atoms with E-state index in [0.29, 0.717) is 18.7 Å². The van der Waals surface area contributed by atoms with E-state index in [1.165, 1.54) is 0 Å². The van der Waals surface area contributed by atoms with E-state index in [2.05, 4.69) is 5.32 Å². The zero-order valence-electron chi connectivity index (χ0n) is 16.0. The van der Waals surface area contributed by atoms with Gasteiger partial charge in [0.15, 0.2) is 0 Å². The lowest BCUT2D eigenvalue weighted by Gasteiger charge is -2.18. The number of hydrogen-bond donors (Lipinski definition) is 2. The highest BCUT2D eigenvalue weighted by Crippen LogP contribution is 2.18. The van der Waals surface area contributed by atoms with Crippen LogP contribution >= 0.6 is 0 Å². The number of nitrogens with zero attached hydrogens (tertiary/aromatic N) is 2. The maximum Gasteiger partial charge on any atom is 0.335 e. The van der Waals surface area contributed by atoms with Crippen LogP contribution in [0.3, 0.4) is 0 Å². The number of nitro benzene ring substituents is 1. The Bertz CT molecular complexity index is 903. The Hall–Kier alpha value is -3.75. The first-order valence-electron chi connectivity index (χ1n) is 8.96. The summed E-state index contributed by atoms with van der Waals surface area (Å²) >= 11 is 0. The lowest BCUT2D eigenvalue weighted by molar-refractivity contribution is -0.384. The third-order valence-corrected chi connectivity index (χ3v) is 4.34. The minimum atomic E-state index is -1.36. The van der Waals surface area contributed by atoms with Crippen molar-refractivity contribution in [1.82, 2.24) is 10.2 Å². The Morgan fingerprint density at radius 1 is 1.00 bits per heavy atom. The first kappa shape index (κ1) is 21.5. The number of carboxylic acid groups (broad SMARTS) is 1. The van der Waals surface area contributed by atoms with Gasteiger partial charge in [0.05, 0.1) is 10.5 Å². The summed E-state index contributed by atoms with van der Waals surface area (Å²) in [6.07, 6.45) is 0. The lowest BCUT2D eigenvalue weighted by Crippen LogP contribution is -2.30. The minimum absolute atomic E-state index is 0.0802. The van der Waals surface area contributed by atoms with Crippen molar-refractivity contribution >= 4 is 23.5 Å². The van der Waals surface area contributed by atoms with Crippen molar-refractivity contribution in [3.05, 3.63) is 74.8 Å². The Kier molecular flexibility index (Phi) is 7.02. The van der Waals surface area contributed by atoms with Gasteiger partial charge in [0.25, 0.3) is 17.5 Å². The summed E-state index contributed by atoms with van der Waals surface area (Å²) in [5, 5.41) is 22.6. The Labute approximate surface area is 167 Å². The SMILES string of the molecule is CCN(CC)C(=O)c1ccc(CNC(=O)c2cc(C(=O)O)cc([N+](=O)[O-])c2)cc1. The molecule has 2 aromatic rings. The molecule has 0 unspecified atom stereocenters. The van der Waals surface area contributed by atoms with Crippen LogP contribution < -0.4 is 5.32 Å². The number of carboxylic acids is 1. The van der Waals surface area contributed by atoms with Crippen LogP contribution in [0.1, 0.15) is 50.5 Å². The molecule has 152 valence electrons. The Morgan fingerprint density at radius 3 is 2.10 bits per heavy atom. The summed E-state index contributed by atoms with van der Waals surface area (Å²) in [6.45, 7) is 5.12. The van der Waals surface area contributed by atoms with Crippen LogP contribution in [-0.2, 0) is 6.54 Å². The minimum Gasteiger partial charge on any atom is -0.478 e. The molecular formula is C20H21N3O6. The largest absolute Gasteiger partial charge is 0.478 e. The van der Waals surface area contributed by atoms with Crippen LogP contribution in [0.5, 0.6) is 0 Å². The fourth-order valence-corrected chi connectivity index (χ4v) is 2.71. The van der Waals surface area contributed by atoms with Crippen LogP contribution in [0.2, 0.25) is 0 Å². The van der Waals surface area contributed by atoms with E-state index in [-0.39, 0.29) is 23.6 Å². The molecule has 0 bridgehead atoms. The molecule has 9 nitrogen and oxygen atoms in total. The fourth-order valence-electron chi connectivity index (χ4n) is 2.71. The molecule has 2 amide bonds. The second kappa shape index (κ2) is 9.45. The van der Waals surface area contributed by atoms with Gasteiger partial charge in [0.2, 0.25) is 0 Å². The third-order valence-electron chi connectivity index (χ3n) is 4.34. The van der Waals surface area contributed by atoms with Crippen LogP contribution in [-0.4, -0.2) is 45.8 Å². The summed E-state index contributed by atoms with van der Waals surface area (Å²) in [6, 6.07) is 9.73. The fraction of sp³-hybridized carbons (Fsp3) is 0.250. The molecule has 0 heterocycles. The quantitative estimate of drug-likeness (QED) is 0.518. The first-order valence-corrected chi connectivity index (χ1v) is 8.96. The van der Waals surface area contributed by atoms with Gasteiger partial charge in [0.1, 0.15) is 0 Å². The van der Waals surface area contributed by atoms with Crippen LogP contribution in [0.15, 0.2) is 42.5 Å². The predicted molar refractivity (Wildman–Crippen MR) is 105 cm³/mol. The molecule has 9 heteroatoms. The first-order chi connectivity index (χ1) is 13.8. The lowest BCUT2D eigenvalue weighted by atomic mass is 10.1. The molecule has 0 atom stereocenters. The average molecular weight is 399 g/mol. The summed E-state index contributed by atoms with van der Waals surface area (Å²) in [7, 11) is 0. The maximum atomic E-state index is 12.3. The standard InChI is InChI=1S/C20H21N3O6/c1-3-22(4-2)19(25)14-7-5-13(6-8-14)12-21-18(24)15-9-16(20(26)27)11-17(10-15)23(28)29/h5-11H,3-4,12H2,1-2H3,(H,21,24)(H,26,27). The van der Waals surface area contributed by atoms with Gasteiger partial charge in [-0.05, 0) is 37.6 Å². The van der Waals surface area contributed by atoms with Gasteiger partial charge < -0.3 is 15.3 Å². The number of rotatable bonds is 8. The molecule has 2 aromatic carbocycles. The van der Waals surface area contributed by atoms with E-state index in [9.17, 15) is 24.5 Å². The molecule has 0 aromatic heterocycles. The van der Waals surface area contributed by atoms with Crippen LogP contribution in [0.25, 0.3) is 0 Å². The van der Waals surface area contributed by atoms with Crippen LogP contribution in [0, 0.1) is 10.1 Å². The number of non-ortho nitro benzene ring substituents is 1. The predicted octanol–water partition coefficient (Wildman–Crippen LogP) is 2.71. The monoisotopic (exact) mass is 399 g/mol. The molecule has 2 N–H and O–H groups in total. The average Bonchev–Trinajstić information content (AvgIpc) is 2.72. The van der Waals surface area contributed by atoms with Crippen molar-refractivity contribution in [3.8, 4) is 0 Å². The highest BCUT2D eigenvalue weighted by atomic mass is 16.6. The van der Waals surface area contributed by atoms with Gasteiger partial charge >= 0.3 is 5.97 Å². The molecule has 0 saturated heterocycles. The van der Waals surface area contributed by atoms with E-state index in [1.54, 1.807) is 29.2 Å². The molecule has 0 aliphatic rings. The van der Waals surface area contributed by atoms with Crippen LogP contribution in [0.4, 0.5) is 5.69 Å².